The van der Waals surface area contributed by atoms with E-state index in [2.05, 4.69) is 58.2 Å². The predicted octanol–water partition coefficient (Wildman–Crippen LogP) is 4.90. The van der Waals surface area contributed by atoms with Crippen molar-refractivity contribution in [1.82, 2.24) is 4.90 Å². The van der Waals surface area contributed by atoms with Crippen molar-refractivity contribution in [3.63, 3.8) is 0 Å². The van der Waals surface area contributed by atoms with Gasteiger partial charge in [0.15, 0.2) is 0 Å². The molecule has 0 N–H and O–H groups in total. The maximum Gasteiger partial charge on any atom is 0.0100 e. The van der Waals surface area contributed by atoms with E-state index >= 15 is 0 Å². The van der Waals surface area contributed by atoms with Gasteiger partial charge < -0.3 is 4.90 Å². The average molecular weight is 338 g/mol. The number of nitrogens with zero attached hydrogens (tertiary/aromatic N) is 1. The van der Waals surface area contributed by atoms with E-state index in [4.69, 9.17) is 0 Å². The first-order valence-corrected chi connectivity index (χ1v) is 9.15. The van der Waals surface area contributed by atoms with Crippen molar-refractivity contribution in [3.05, 3.63) is 35.9 Å². The molecule has 0 heterocycles. The van der Waals surface area contributed by atoms with Gasteiger partial charge in [0.25, 0.3) is 0 Å². The highest BCUT2D eigenvalue weighted by atomic mass is 79.9. The van der Waals surface area contributed by atoms with Crippen molar-refractivity contribution in [2.24, 2.45) is 5.41 Å². The van der Waals surface area contributed by atoms with Gasteiger partial charge in [-0.1, -0.05) is 71.9 Å². The van der Waals surface area contributed by atoms with E-state index in [0.717, 1.165) is 11.8 Å². The SMILES string of the molecule is CN(CCc1ccccc1)CC1(CBr)CCCCCC1. The van der Waals surface area contributed by atoms with Gasteiger partial charge in [-0.25, -0.2) is 0 Å². The average Bonchev–Trinajstić information content (AvgIpc) is 2.72. The van der Waals surface area contributed by atoms with Crippen molar-refractivity contribution in [2.75, 3.05) is 25.5 Å². The van der Waals surface area contributed by atoms with Crippen LogP contribution in [0.2, 0.25) is 0 Å². The van der Waals surface area contributed by atoms with Gasteiger partial charge in [-0.05, 0) is 37.3 Å². The van der Waals surface area contributed by atoms with E-state index in [9.17, 15) is 0 Å². The highest BCUT2D eigenvalue weighted by Gasteiger charge is 2.30. The summed E-state index contributed by atoms with van der Waals surface area (Å²) in [7, 11) is 2.29. The Morgan fingerprint density at radius 1 is 1.05 bits per heavy atom. The molecule has 20 heavy (non-hydrogen) atoms. The molecule has 1 saturated carbocycles. The van der Waals surface area contributed by atoms with Crippen LogP contribution in [0.1, 0.15) is 44.1 Å². The summed E-state index contributed by atoms with van der Waals surface area (Å²) in [6, 6.07) is 10.8. The number of likely N-dealkylation sites (N-methyl/N-ethyl adjacent to an activating group) is 1. The van der Waals surface area contributed by atoms with Crippen LogP contribution in [0.25, 0.3) is 0 Å². The molecule has 1 aromatic rings. The van der Waals surface area contributed by atoms with Crippen LogP contribution in [-0.2, 0) is 6.42 Å². The second-order valence-corrected chi connectivity index (χ2v) is 7.08. The maximum absolute atomic E-state index is 3.80. The standard InChI is InChI=1S/C18H28BrN/c1-20(14-11-17-9-5-4-6-10-17)16-18(15-19)12-7-2-3-8-13-18/h4-6,9-10H,2-3,7-8,11-16H2,1H3. The Morgan fingerprint density at radius 3 is 2.30 bits per heavy atom. The van der Waals surface area contributed by atoms with Crippen LogP contribution in [0.5, 0.6) is 0 Å². The molecule has 1 fully saturated rings. The minimum atomic E-state index is 0.516. The molecule has 1 aliphatic rings. The van der Waals surface area contributed by atoms with E-state index in [-0.39, 0.29) is 0 Å². The van der Waals surface area contributed by atoms with Crippen molar-refractivity contribution < 1.29 is 0 Å². The second-order valence-electron chi connectivity index (χ2n) is 6.52. The second kappa shape index (κ2) is 8.19. The molecular formula is C18H28BrN. The molecule has 0 spiro atoms. The van der Waals surface area contributed by atoms with Gasteiger partial charge in [0, 0.05) is 18.4 Å². The Bertz CT molecular complexity index is 368. The van der Waals surface area contributed by atoms with Crippen LogP contribution in [0.3, 0.4) is 0 Å². The fourth-order valence-corrected chi connectivity index (χ4v) is 4.17. The summed E-state index contributed by atoms with van der Waals surface area (Å²) in [4.78, 5) is 2.54. The third-order valence-corrected chi connectivity index (χ3v) is 5.87. The molecule has 0 bridgehead atoms. The minimum absolute atomic E-state index is 0.516. The summed E-state index contributed by atoms with van der Waals surface area (Å²) >= 11 is 3.80. The fourth-order valence-electron chi connectivity index (χ4n) is 3.43. The van der Waals surface area contributed by atoms with E-state index in [1.807, 2.05) is 0 Å². The first kappa shape index (κ1) is 16.0. The molecule has 1 nitrogen and oxygen atoms in total. The predicted molar refractivity (Wildman–Crippen MR) is 91.6 cm³/mol. The molecule has 0 amide bonds. The Kier molecular flexibility index (Phi) is 6.57. The highest BCUT2D eigenvalue weighted by molar-refractivity contribution is 9.09. The maximum atomic E-state index is 3.80. The Morgan fingerprint density at radius 2 is 1.70 bits per heavy atom. The third kappa shape index (κ3) is 4.89. The summed E-state index contributed by atoms with van der Waals surface area (Å²) in [5.74, 6) is 0. The molecule has 0 unspecified atom stereocenters. The zero-order chi connectivity index (χ0) is 14.3. The smallest absolute Gasteiger partial charge is 0.0100 e. The molecule has 112 valence electrons. The zero-order valence-electron chi connectivity index (χ0n) is 12.8. The summed E-state index contributed by atoms with van der Waals surface area (Å²) in [6.07, 6.45) is 9.65. The van der Waals surface area contributed by atoms with Gasteiger partial charge in [0.1, 0.15) is 0 Å². The topological polar surface area (TPSA) is 3.24 Å². The number of alkyl halides is 1. The molecule has 1 aromatic carbocycles. The van der Waals surface area contributed by atoms with Crippen LogP contribution in [0.15, 0.2) is 30.3 Å². The summed E-state index contributed by atoms with van der Waals surface area (Å²) < 4.78 is 0. The molecule has 0 saturated heterocycles. The van der Waals surface area contributed by atoms with Gasteiger partial charge in [-0.3, -0.25) is 0 Å². The molecule has 0 aliphatic heterocycles. The zero-order valence-corrected chi connectivity index (χ0v) is 14.4. The quantitative estimate of drug-likeness (QED) is 0.527. The Balaban J connectivity index is 1.83. The first-order valence-electron chi connectivity index (χ1n) is 8.03. The largest absolute Gasteiger partial charge is 0.305 e. The third-order valence-electron chi connectivity index (χ3n) is 4.68. The minimum Gasteiger partial charge on any atom is -0.305 e. The normalized spacial score (nSPS) is 18.9. The highest BCUT2D eigenvalue weighted by Crippen LogP contribution is 2.37. The van der Waals surface area contributed by atoms with Crippen LogP contribution in [0, 0.1) is 5.41 Å². The Labute approximate surface area is 132 Å². The van der Waals surface area contributed by atoms with Crippen LogP contribution < -0.4 is 0 Å². The van der Waals surface area contributed by atoms with E-state index in [0.29, 0.717) is 5.41 Å². The number of rotatable bonds is 6. The lowest BCUT2D eigenvalue weighted by atomic mass is 9.82. The number of hydrogen-bond acceptors (Lipinski definition) is 1. The van der Waals surface area contributed by atoms with Crippen molar-refractivity contribution >= 4 is 15.9 Å². The first-order chi connectivity index (χ1) is 9.74. The van der Waals surface area contributed by atoms with Gasteiger partial charge in [0.2, 0.25) is 0 Å². The summed E-state index contributed by atoms with van der Waals surface area (Å²) in [5, 5.41) is 1.16. The van der Waals surface area contributed by atoms with Crippen molar-refractivity contribution in [3.8, 4) is 0 Å². The van der Waals surface area contributed by atoms with Crippen LogP contribution in [0.4, 0.5) is 0 Å². The van der Waals surface area contributed by atoms with Crippen LogP contribution in [-0.4, -0.2) is 30.4 Å². The molecule has 0 aromatic heterocycles. The lowest BCUT2D eigenvalue weighted by Crippen LogP contribution is -2.37. The molecule has 2 heteroatoms. The summed E-state index contributed by atoms with van der Waals surface area (Å²) in [5.41, 5.74) is 1.97. The molecule has 1 aliphatic carbocycles. The lowest BCUT2D eigenvalue weighted by Gasteiger charge is -2.35. The fraction of sp³-hybridized carbons (Fsp3) is 0.667. The molecule has 0 atom stereocenters. The lowest BCUT2D eigenvalue weighted by molar-refractivity contribution is 0.177. The Hall–Kier alpha value is -0.340. The van der Waals surface area contributed by atoms with E-state index in [1.54, 1.807) is 0 Å². The van der Waals surface area contributed by atoms with Gasteiger partial charge in [-0.2, -0.15) is 0 Å². The number of hydrogen-bond donors (Lipinski definition) is 0. The van der Waals surface area contributed by atoms with Gasteiger partial charge in [0.05, 0.1) is 0 Å². The monoisotopic (exact) mass is 337 g/mol. The molecule has 0 radical (unpaired) electrons. The van der Waals surface area contributed by atoms with E-state index in [1.165, 1.54) is 57.2 Å². The molecular weight excluding hydrogens is 310 g/mol. The summed E-state index contributed by atoms with van der Waals surface area (Å²) in [6.45, 7) is 2.41. The van der Waals surface area contributed by atoms with E-state index < -0.39 is 0 Å². The molecule has 2 rings (SSSR count). The van der Waals surface area contributed by atoms with Gasteiger partial charge >= 0.3 is 0 Å². The van der Waals surface area contributed by atoms with Crippen molar-refractivity contribution in [2.45, 2.75) is 44.9 Å². The van der Waals surface area contributed by atoms with Crippen molar-refractivity contribution in [1.29, 1.82) is 0 Å². The number of benzene rings is 1. The van der Waals surface area contributed by atoms with Gasteiger partial charge in [-0.15, -0.1) is 0 Å². The van der Waals surface area contributed by atoms with Crippen LogP contribution >= 0.6 is 15.9 Å². The number of halogens is 1.